The summed E-state index contributed by atoms with van der Waals surface area (Å²) in [6, 6.07) is 3.81. The lowest BCUT2D eigenvalue weighted by Gasteiger charge is -2.27. The second-order valence-electron chi connectivity index (χ2n) is 6.12. The average molecular weight is 292 g/mol. The largest absolute Gasteiger partial charge is 0.458 e. The molecule has 2 heterocycles. The maximum absolute atomic E-state index is 12.4. The van der Waals surface area contributed by atoms with E-state index in [2.05, 4.69) is 4.98 Å². The fourth-order valence-electron chi connectivity index (χ4n) is 2.35. The molecule has 0 radical (unpaired) electrons. The van der Waals surface area contributed by atoms with E-state index in [9.17, 15) is 14.4 Å². The number of aromatic nitrogens is 1. The number of pyridine rings is 1. The van der Waals surface area contributed by atoms with E-state index >= 15 is 0 Å². The number of nitrogens with zero attached hydrogens (tertiary/aromatic N) is 1. The van der Waals surface area contributed by atoms with Gasteiger partial charge in [-0.3, -0.25) is 9.59 Å². The predicted molar refractivity (Wildman–Crippen MR) is 77.0 cm³/mol. The predicted octanol–water partition coefficient (Wildman–Crippen LogP) is 1.32. The van der Waals surface area contributed by atoms with E-state index in [-0.39, 0.29) is 17.2 Å². The molecule has 1 aromatic rings. The number of carbonyl (C=O) groups is 2. The molecule has 1 atom stereocenters. The van der Waals surface area contributed by atoms with Gasteiger partial charge in [0.25, 0.3) is 5.91 Å². The smallest absolute Gasteiger partial charge is 0.329 e. The van der Waals surface area contributed by atoms with Crippen molar-refractivity contribution in [2.24, 2.45) is 0 Å². The van der Waals surface area contributed by atoms with Crippen LogP contribution in [0.1, 0.15) is 44.1 Å². The molecule has 1 aliphatic rings. The van der Waals surface area contributed by atoms with Crippen molar-refractivity contribution < 1.29 is 14.3 Å². The van der Waals surface area contributed by atoms with E-state index in [1.54, 1.807) is 20.8 Å². The Bertz CT molecular complexity index is 600. The van der Waals surface area contributed by atoms with Crippen molar-refractivity contribution in [3.63, 3.8) is 0 Å². The van der Waals surface area contributed by atoms with Gasteiger partial charge < -0.3 is 14.6 Å². The first kappa shape index (κ1) is 15.3. The molecule has 0 aliphatic carbocycles. The number of hydrogen-bond donors (Lipinski definition) is 1. The van der Waals surface area contributed by atoms with Gasteiger partial charge in [0, 0.05) is 12.6 Å². The Morgan fingerprint density at radius 3 is 2.67 bits per heavy atom. The maximum Gasteiger partial charge on any atom is 0.329 e. The van der Waals surface area contributed by atoms with Crippen LogP contribution in [-0.4, -0.2) is 39.9 Å². The summed E-state index contributed by atoms with van der Waals surface area (Å²) in [6.45, 7) is 5.86. The Balaban J connectivity index is 2.17. The zero-order valence-electron chi connectivity index (χ0n) is 12.5. The van der Waals surface area contributed by atoms with E-state index in [1.807, 2.05) is 0 Å². The molecule has 6 heteroatoms. The molecule has 0 unspecified atom stereocenters. The van der Waals surface area contributed by atoms with E-state index in [0.29, 0.717) is 13.0 Å². The van der Waals surface area contributed by atoms with Crippen LogP contribution in [0.4, 0.5) is 0 Å². The van der Waals surface area contributed by atoms with Crippen LogP contribution in [0, 0.1) is 0 Å². The summed E-state index contributed by atoms with van der Waals surface area (Å²) < 4.78 is 5.36. The Morgan fingerprint density at radius 2 is 2.05 bits per heavy atom. The molecule has 1 N–H and O–H groups in total. The number of esters is 1. The Hall–Kier alpha value is -2.11. The van der Waals surface area contributed by atoms with Crippen LogP contribution >= 0.6 is 0 Å². The number of rotatable bonds is 2. The first-order valence-corrected chi connectivity index (χ1v) is 7.01. The van der Waals surface area contributed by atoms with Crippen molar-refractivity contribution in [2.75, 3.05) is 6.54 Å². The van der Waals surface area contributed by atoms with Crippen LogP contribution in [0.5, 0.6) is 0 Å². The van der Waals surface area contributed by atoms with Gasteiger partial charge >= 0.3 is 5.97 Å². The molecular weight excluding hydrogens is 272 g/mol. The highest BCUT2D eigenvalue weighted by Crippen LogP contribution is 2.22. The fraction of sp³-hybridized carbons (Fsp3) is 0.533. The van der Waals surface area contributed by atoms with Crippen molar-refractivity contribution >= 4 is 11.9 Å². The third kappa shape index (κ3) is 3.71. The molecule has 0 spiro atoms. The van der Waals surface area contributed by atoms with Crippen LogP contribution in [0.25, 0.3) is 0 Å². The lowest BCUT2D eigenvalue weighted by atomic mass is 10.1. The van der Waals surface area contributed by atoms with Crippen LogP contribution in [-0.2, 0) is 9.53 Å². The summed E-state index contributed by atoms with van der Waals surface area (Å²) in [7, 11) is 0. The quantitative estimate of drug-likeness (QED) is 0.834. The Morgan fingerprint density at radius 1 is 1.33 bits per heavy atom. The molecule has 1 aliphatic heterocycles. The Kier molecular flexibility index (Phi) is 4.16. The van der Waals surface area contributed by atoms with Gasteiger partial charge in [-0.15, -0.1) is 0 Å². The molecule has 1 aromatic heterocycles. The average Bonchev–Trinajstić information content (AvgIpc) is 2.85. The first-order chi connectivity index (χ1) is 9.78. The molecule has 21 heavy (non-hydrogen) atoms. The lowest BCUT2D eigenvalue weighted by Crippen LogP contribution is -2.44. The zero-order valence-corrected chi connectivity index (χ0v) is 12.5. The molecule has 2 rings (SSSR count). The lowest BCUT2D eigenvalue weighted by molar-refractivity contribution is -0.159. The standard InChI is InChI=1S/C15H20N2O4/c1-15(2,3)21-14(20)11-7-5-9-17(11)13(19)10-6-4-8-12(18)16-10/h4,6,8,11H,5,7,9H2,1-3H3,(H,16,18)/t11-/m0/s1. The minimum atomic E-state index is -0.588. The van der Waals surface area contributed by atoms with Crippen LogP contribution in [0.15, 0.2) is 23.0 Å². The number of amides is 1. The molecule has 0 aromatic carbocycles. The van der Waals surface area contributed by atoms with Gasteiger partial charge in [0.2, 0.25) is 5.56 Å². The van der Waals surface area contributed by atoms with Crippen LogP contribution in [0.2, 0.25) is 0 Å². The number of aromatic amines is 1. The number of carbonyl (C=O) groups excluding carboxylic acids is 2. The molecule has 0 bridgehead atoms. The molecule has 1 saturated heterocycles. The van der Waals surface area contributed by atoms with E-state index in [4.69, 9.17) is 4.74 Å². The molecule has 114 valence electrons. The topological polar surface area (TPSA) is 79.5 Å². The highest BCUT2D eigenvalue weighted by molar-refractivity contribution is 5.95. The minimum Gasteiger partial charge on any atom is -0.458 e. The monoisotopic (exact) mass is 292 g/mol. The summed E-state index contributed by atoms with van der Waals surface area (Å²) >= 11 is 0. The van der Waals surface area contributed by atoms with Gasteiger partial charge in [0.15, 0.2) is 0 Å². The van der Waals surface area contributed by atoms with Gasteiger partial charge in [-0.25, -0.2) is 4.79 Å². The van der Waals surface area contributed by atoms with E-state index in [0.717, 1.165) is 6.42 Å². The fourth-order valence-corrected chi connectivity index (χ4v) is 2.35. The Labute approximate surface area is 123 Å². The van der Waals surface area contributed by atoms with Crippen molar-refractivity contribution in [3.05, 3.63) is 34.2 Å². The summed E-state index contributed by atoms with van der Waals surface area (Å²) in [5.74, 6) is -0.743. The summed E-state index contributed by atoms with van der Waals surface area (Å²) in [5.41, 5.74) is -0.734. The molecule has 0 saturated carbocycles. The van der Waals surface area contributed by atoms with Crippen molar-refractivity contribution in [2.45, 2.75) is 45.3 Å². The molecular formula is C15H20N2O4. The third-order valence-corrected chi connectivity index (χ3v) is 3.19. The number of ether oxygens (including phenoxy) is 1. The van der Waals surface area contributed by atoms with Gasteiger partial charge in [-0.1, -0.05) is 6.07 Å². The number of H-pyrrole nitrogens is 1. The highest BCUT2D eigenvalue weighted by Gasteiger charge is 2.37. The third-order valence-electron chi connectivity index (χ3n) is 3.19. The normalized spacial score (nSPS) is 18.6. The van der Waals surface area contributed by atoms with Crippen LogP contribution in [0.3, 0.4) is 0 Å². The van der Waals surface area contributed by atoms with Crippen LogP contribution < -0.4 is 5.56 Å². The summed E-state index contributed by atoms with van der Waals surface area (Å²) in [4.78, 5) is 39.9. The highest BCUT2D eigenvalue weighted by atomic mass is 16.6. The van der Waals surface area contributed by atoms with Crippen molar-refractivity contribution in [1.29, 1.82) is 0 Å². The summed E-state index contributed by atoms with van der Waals surface area (Å²) in [5, 5.41) is 0. The second-order valence-corrected chi connectivity index (χ2v) is 6.12. The van der Waals surface area contributed by atoms with Gasteiger partial charge in [0.05, 0.1) is 0 Å². The minimum absolute atomic E-state index is 0.193. The van der Waals surface area contributed by atoms with Gasteiger partial charge in [0.1, 0.15) is 17.3 Å². The van der Waals surface area contributed by atoms with Crippen molar-refractivity contribution in [3.8, 4) is 0 Å². The second kappa shape index (κ2) is 5.71. The van der Waals surface area contributed by atoms with E-state index < -0.39 is 17.6 Å². The number of likely N-dealkylation sites (tertiary alicyclic amines) is 1. The van der Waals surface area contributed by atoms with Crippen molar-refractivity contribution in [1.82, 2.24) is 9.88 Å². The maximum atomic E-state index is 12.4. The first-order valence-electron chi connectivity index (χ1n) is 7.01. The zero-order chi connectivity index (χ0) is 15.6. The number of nitrogens with one attached hydrogen (secondary N) is 1. The molecule has 1 amide bonds. The molecule has 6 nitrogen and oxygen atoms in total. The summed E-state index contributed by atoms with van der Waals surface area (Å²) in [6.07, 6.45) is 1.32. The van der Waals surface area contributed by atoms with E-state index in [1.165, 1.54) is 23.1 Å². The SMILES string of the molecule is CC(C)(C)OC(=O)[C@@H]1CCCN1C(=O)c1cccc(=O)[nH]1. The van der Waals surface area contributed by atoms with Gasteiger partial charge in [-0.05, 0) is 39.7 Å². The van der Waals surface area contributed by atoms with Gasteiger partial charge in [-0.2, -0.15) is 0 Å². The molecule has 1 fully saturated rings. The number of hydrogen-bond acceptors (Lipinski definition) is 4.